The van der Waals surface area contributed by atoms with E-state index in [2.05, 4.69) is 15.4 Å². The summed E-state index contributed by atoms with van der Waals surface area (Å²) in [6.07, 6.45) is 2.10. The topological polar surface area (TPSA) is 84.5 Å². The Morgan fingerprint density at radius 2 is 1.86 bits per heavy atom. The lowest BCUT2D eigenvalue weighted by atomic mass is 10.1. The molecule has 2 amide bonds. The van der Waals surface area contributed by atoms with E-state index in [-0.39, 0.29) is 12.5 Å². The maximum atomic E-state index is 11.8. The molecule has 0 radical (unpaired) electrons. The summed E-state index contributed by atoms with van der Waals surface area (Å²) in [5.41, 5.74) is 0.735. The van der Waals surface area contributed by atoms with Gasteiger partial charge in [-0.15, -0.1) is 0 Å². The van der Waals surface area contributed by atoms with Crippen LogP contribution >= 0.6 is 0 Å². The Morgan fingerprint density at radius 3 is 2.52 bits per heavy atom. The molecule has 0 atom stereocenters. The molecule has 6 heteroatoms. The van der Waals surface area contributed by atoms with Gasteiger partial charge in [0.25, 0.3) is 5.91 Å². The number of amides is 2. The molecule has 112 valence electrons. The first-order valence-corrected chi connectivity index (χ1v) is 6.61. The maximum absolute atomic E-state index is 11.8. The Labute approximate surface area is 123 Å². The zero-order chi connectivity index (χ0) is 15.7. The number of carbonyl (C=O) groups excluding carboxylic acids is 3. The van der Waals surface area contributed by atoms with E-state index >= 15 is 0 Å². The van der Waals surface area contributed by atoms with E-state index in [1.54, 1.807) is 38.1 Å². The Morgan fingerprint density at radius 1 is 1.14 bits per heavy atom. The van der Waals surface area contributed by atoms with Gasteiger partial charge in [0.05, 0.1) is 17.9 Å². The second-order valence-electron chi connectivity index (χ2n) is 3.98. The number of rotatable bonds is 6. The van der Waals surface area contributed by atoms with Gasteiger partial charge >= 0.3 is 5.97 Å². The van der Waals surface area contributed by atoms with Crippen LogP contribution in [0.5, 0.6) is 0 Å². The SMILES string of the molecule is CCNC(=O)c1ccccc1NC(=O)/C=C/C(=O)OCC. The first-order chi connectivity index (χ1) is 10.1. The van der Waals surface area contributed by atoms with Crippen LogP contribution in [0.25, 0.3) is 0 Å². The van der Waals surface area contributed by atoms with Crippen molar-refractivity contribution in [2.75, 3.05) is 18.5 Å². The van der Waals surface area contributed by atoms with Crippen molar-refractivity contribution in [3.63, 3.8) is 0 Å². The van der Waals surface area contributed by atoms with Gasteiger partial charge in [-0.25, -0.2) is 4.79 Å². The third-order valence-electron chi connectivity index (χ3n) is 2.42. The molecule has 0 saturated carbocycles. The van der Waals surface area contributed by atoms with Gasteiger partial charge in [-0.1, -0.05) is 12.1 Å². The highest BCUT2D eigenvalue weighted by Crippen LogP contribution is 2.14. The Bertz CT molecular complexity index is 552. The molecule has 1 aromatic rings. The van der Waals surface area contributed by atoms with Crippen LogP contribution in [0.4, 0.5) is 5.69 Å². The van der Waals surface area contributed by atoms with Crippen LogP contribution in [0.2, 0.25) is 0 Å². The number of para-hydroxylation sites is 1. The van der Waals surface area contributed by atoms with Gasteiger partial charge in [0.15, 0.2) is 0 Å². The summed E-state index contributed by atoms with van der Waals surface area (Å²) < 4.78 is 4.67. The van der Waals surface area contributed by atoms with E-state index in [4.69, 9.17) is 0 Å². The van der Waals surface area contributed by atoms with Gasteiger partial charge in [-0.05, 0) is 26.0 Å². The van der Waals surface area contributed by atoms with Gasteiger partial charge in [-0.2, -0.15) is 0 Å². The number of nitrogens with one attached hydrogen (secondary N) is 2. The lowest BCUT2D eigenvalue weighted by Gasteiger charge is -2.09. The summed E-state index contributed by atoms with van der Waals surface area (Å²) in [6.45, 7) is 4.21. The fourth-order valence-corrected chi connectivity index (χ4v) is 1.55. The minimum atomic E-state index is -0.593. The van der Waals surface area contributed by atoms with E-state index in [1.807, 2.05) is 0 Å². The second-order valence-corrected chi connectivity index (χ2v) is 3.98. The molecule has 1 aromatic carbocycles. The van der Waals surface area contributed by atoms with Gasteiger partial charge < -0.3 is 15.4 Å². The van der Waals surface area contributed by atoms with E-state index in [1.165, 1.54) is 0 Å². The van der Waals surface area contributed by atoms with Crippen LogP contribution in [0.1, 0.15) is 24.2 Å². The molecule has 0 unspecified atom stereocenters. The van der Waals surface area contributed by atoms with Crippen LogP contribution in [0.3, 0.4) is 0 Å². The van der Waals surface area contributed by atoms with Crippen LogP contribution in [-0.4, -0.2) is 30.9 Å². The van der Waals surface area contributed by atoms with Crippen molar-refractivity contribution in [2.24, 2.45) is 0 Å². The lowest BCUT2D eigenvalue weighted by Crippen LogP contribution is -2.24. The maximum Gasteiger partial charge on any atom is 0.330 e. The largest absolute Gasteiger partial charge is 0.463 e. The van der Waals surface area contributed by atoms with Crippen molar-refractivity contribution < 1.29 is 19.1 Å². The number of carbonyl (C=O) groups is 3. The fourth-order valence-electron chi connectivity index (χ4n) is 1.55. The Kier molecular flexibility index (Phi) is 6.67. The Hall–Kier alpha value is -2.63. The molecule has 0 aromatic heterocycles. The molecule has 0 aliphatic heterocycles. The summed E-state index contributed by atoms with van der Waals surface area (Å²) in [5, 5.41) is 5.21. The number of benzene rings is 1. The minimum Gasteiger partial charge on any atom is -0.463 e. The van der Waals surface area contributed by atoms with Gasteiger partial charge in [0, 0.05) is 18.7 Å². The van der Waals surface area contributed by atoms with Crippen LogP contribution in [-0.2, 0) is 14.3 Å². The summed E-state index contributed by atoms with van der Waals surface area (Å²) >= 11 is 0. The molecule has 6 nitrogen and oxygen atoms in total. The minimum absolute atomic E-state index is 0.241. The standard InChI is InChI=1S/C15H18N2O4/c1-3-16-15(20)11-7-5-6-8-12(11)17-13(18)9-10-14(19)21-4-2/h5-10H,3-4H2,1-2H3,(H,16,20)(H,17,18)/b10-9+. The van der Waals surface area contributed by atoms with E-state index in [9.17, 15) is 14.4 Å². The van der Waals surface area contributed by atoms with Crippen molar-refractivity contribution in [2.45, 2.75) is 13.8 Å². The van der Waals surface area contributed by atoms with E-state index in [0.717, 1.165) is 12.2 Å². The fraction of sp³-hybridized carbons (Fsp3) is 0.267. The summed E-state index contributed by atoms with van der Waals surface area (Å²) in [6, 6.07) is 6.62. The molecule has 2 N–H and O–H groups in total. The smallest absolute Gasteiger partial charge is 0.330 e. The molecule has 0 fully saturated rings. The quantitative estimate of drug-likeness (QED) is 0.614. The first-order valence-electron chi connectivity index (χ1n) is 6.61. The molecule has 0 bridgehead atoms. The normalized spacial score (nSPS) is 10.2. The molecule has 0 spiro atoms. The highest BCUT2D eigenvalue weighted by atomic mass is 16.5. The van der Waals surface area contributed by atoms with Crippen molar-refractivity contribution in [1.29, 1.82) is 0 Å². The molecule has 0 heterocycles. The van der Waals surface area contributed by atoms with Gasteiger partial charge in [0.1, 0.15) is 0 Å². The molecule has 1 rings (SSSR count). The summed E-state index contributed by atoms with van der Waals surface area (Å²) in [5.74, 6) is -1.38. The zero-order valence-electron chi connectivity index (χ0n) is 12.0. The highest BCUT2D eigenvalue weighted by Gasteiger charge is 2.11. The molecule has 21 heavy (non-hydrogen) atoms. The molecule has 0 saturated heterocycles. The number of esters is 1. The third kappa shape index (κ3) is 5.48. The lowest BCUT2D eigenvalue weighted by molar-refractivity contribution is -0.137. The summed E-state index contributed by atoms with van der Waals surface area (Å²) in [7, 11) is 0. The van der Waals surface area contributed by atoms with Crippen molar-refractivity contribution in [3.05, 3.63) is 42.0 Å². The molecule has 0 aliphatic carbocycles. The van der Waals surface area contributed by atoms with Crippen LogP contribution in [0, 0.1) is 0 Å². The number of ether oxygens (including phenoxy) is 1. The zero-order valence-corrected chi connectivity index (χ0v) is 12.0. The van der Waals surface area contributed by atoms with Crippen molar-refractivity contribution in [1.82, 2.24) is 5.32 Å². The number of hydrogen-bond donors (Lipinski definition) is 2. The van der Waals surface area contributed by atoms with E-state index in [0.29, 0.717) is 17.8 Å². The van der Waals surface area contributed by atoms with Crippen LogP contribution < -0.4 is 10.6 Å². The molecular formula is C15H18N2O4. The monoisotopic (exact) mass is 290 g/mol. The number of hydrogen-bond acceptors (Lipinski definition) is 4. The number of anilines is 1. The average Bonchev–Trinajstić information content (AvgIpc) is 2.46. The Balaban J connectivity index is 2.76. The van der Waals surface area contributed by atoms with Gasteiger partial charge in [0.2, 0.25) is 5.91 Å². The van der Waals surface area contributed by atoms with Crippen LogP contribution in [0.15, 0.2) is 36.4 Å². The molecule has 0 aliphatic rings. The first kappa shape index (κ1) is 16.4. The third-order valence-corrected chi connectivity index (χ3v) is 2.42. The van der Waals surface area contributed by atoms with Crippen molar-refractivity contribution >= 4 is 23.5 Å². The predicted molar refractivity (Wildman–Crippen MR) is 78.9 cm³/mol. The van der Waals surface area contributed by atoms with Gasteiger partial charge in [-0.3, -0.25) is 9.59 Å². The molecular weight excluding hydrogens is 272 g/mol. The summed E-state index contributed by atoms with van der Waals surface area (Å²) in [4.78, 5) is 34.7. The second kappa shape index (κ2) is 8.52. The van der Waals surface area contributed by atoms with E-state index < -0.39 is 11.9 Å². The predicted octanol–water partition coefficient (Wildman–Crippen LogP) is 1.49. The average molecular weight is 290 g/mol. The highest BCUT2D eigenvalue weighted by molar-refractivity contribution is 6.07. The van der Waals surface area contributed by atoms with Crippen molar-refractivity contribution in [3.8, 4) is 0 Å².